The van der Waals surface area contributed by atoms with E-state index in [1.54, 1.807) is 6.07 Å². The van der Waals surface area contributed by atoms with Crippen molar-refractivity contribution in [3.05, 3.63) is 42.0 Å². The molecular weight excluding hydrogens is 270 g/mol. The molecule has 0 spiro atoms. The first-order valence-electron chi connectivity index (χ1n) is 6.42. The highest BCUT2D eigenvalue weighted by molar-refractivity contribution is 6.30. The van der Waals surface area contributed by atoms with Gasteiger partial charge in [0, 0.05) is 10.8 Å². The Bertz CT molecular complexity index is 933. The molecule has 3 aromatic carbocycles. The summed E-state index contributed by atoms with van der Waals surface area (Å²) in [5.41, 5.74) is 0.699. The van der Waals surface area contributed by atoms with Gasteiger partial charge >= 0.3 is 0 Å². The highest BCUT2D eigenvalue weighted by atomic mass is 16.5. The van der Waals surface area contributed by atoms with Crippen LogP contribution in [0.5, 0.6) is 11.5 Å². The second-order valence-electron chi connectivity index (χ2n) is 4.96. The number of carbonyl (C=O) groups excluding carboxylic acids is 1. The van der Waals surface area contributed by atoms with E-state index >= 15 is 0 Å². The van der Waals surface area contributed by atoms with Crippen molar-refractivity contribution in [1.29, 1.82) is 0 Å². The average Bonchev–Trinajstić information content (AvgIpc) is 2.74. The molecule has 0 atom stereocenters. The van der Waals surface area contributed by atoms with E-state index in [1.165, 1.54) is 13.2 Å². The number of methoxy groups -OCH3 is 1. The van der Waals surface area contributed by atoms with Crippen molar-refractivity contribution in [2.75, 3.05) is 12.2 Å². The Labute approximate surface area is 119 Å². The van der Waals surface area contributed by atoms with Crippen molar-refractivity contribution in [1.82, 2.24) is 0 Å². The fourth-order valence-corrected chi connectivity index (χ4v) is 2.96. The highest BCUT2D eigenvalue weighted by Gasteiger charge is 2.32. The summed E-state index contributed by atoms with van der Waals surface area (Å²) in [5, 5.41) is 23.8. The second kappa shape index (κ2) is 3.86. The lowest BCUT2D eigenvalue weighted by Gasteiger charge is -2.11. The minimum atomic E-state index is -0.524. The fourth-order valence-electron chi connectivity index (χ4n) is 2.96. The number of benzene rings is 3. The molecule has 5 nitrogen and oxygen atoms in total. The number of hydrogen-bond donors (Lipinski definition) is 2. The SMILES string of the molecule is COc1cc2c3c(cc4ccccc4c3c1O)N(O)C2=O. The monoisotopic (exact) mass is 281 g/mol. The molecule has 1 aliphatic rings. The number of nitrogens with zero attached hydrogens (tertiary/aromatic N) is 1. The van der Waals surface area contributed by atoms with Gasteiger partial charge in [-0.2, -0.15) is 5.06 Å². The number of carbonyl (C=O) groups is 1. The Balaban J connectivity index is 2.34. The Morgan fingerprint density at radius 3 is 2.67 bits per heavy atom. The minimum absolute atomic E-state index is 0.0302. The molecule has 1 heterocycles. The van der Waals surface area contributed by atoms with Gasteiger partial charge in [0.1, 0.15) is 0 Å². The third-order valence-electron chi connectivity index (χ3n) is 3.91. The zero-order chi connectivity index (χ0) is 14.7. The number of hydrogen-bond acceptors (Lipinski definition) is 4. The van der Waals surface area contributed by atoms with Gasteiger partial charge in [-0.05, 0) is 22.9 Å². The van der Waals surface area contributed by atoms with Crippen molar-refractivity contribution >= 4 is 33.1 Å². The van der Waals surface area contributed by atoms with E-state index in [9.17, 15) is 15.1 Å². The maximum absolute atomic E-state index is 12.2. The third kappa shape index (κ3) is 1.35. The number of amides is 1. The molecule has 0 saturated carbocycles. The van der Waals surface area contributed by atoms with Crippen LogP contribution in [0.15, 0.2) is 36.4 Å². The van der Waals surface area contributed by atoms with Crippen LogP contribution in [-0.4, -0.2) is 23.3 Å². The van der Waals surface area contributed by atoms with Gasteiger partial charge in [0.15, 0.2) is 11.5 Å². The molecule has 0 saturated heterocycles. The fraction of sp³-hybridized carbons (Fsp3) is 0.0625. The quantitative estimate of drug-likeness (QED) is 0.531. The van der Waals surface area contributed by atoms with Gasteiger partial charge in [0.2, 0.25) is 0 Å². The first kappa shape index (κ1) is 12.0. The molecular formula is C16H11NO4. The van der Waals surface area contributed by atoms with Gasteiger partial charge in [-0.25, -0.2) is 0 Å². The minimum Gasteiger partial charge on any atom is -0.504 e. The van der Waals surface area contributed by atoms with Crippen LogP contribution in [-0.2, 0) is 0 Å². The number of hydroxylamine groups is 1. The summed E-state index contributed by atoms with van der Waals surface area (Å²) >= 11 is 0. The van der Waals surface area contributed by atoms with Crippen LogP contribution >= 0.6 is 0 Å². The van der Waals surface area contributed by atoms with Gasteiger partial charge < -0.3 is 9.84 Å². The molecule has 0 radical (unpaired) electrons. The van der Waals surface area contributed by atoms with Crippen LogP contribution in [0.25, 0.3) is 21.5 Å². The van der Waals surface area contributed by atoms with Crippen LogP contribution in [0, 0.1) is 0 Å². The van der Waals surface area contributed by atoms with Crippen molar-refractivity contribution in [3.63, 3.8) is 0 Å². The van der Waals surface area contributed by atoms with Gasteiger partial charge in [-0.3, -0.25) is 10.0 Å². The third-order valence-corrected chi connectivity index (χ3v) is 3.91. The van der Waals surface area contributed by atoms with E-state index in [1.807, 2.05) is 24.3 Å². The van der Waals surface area contributed by atoms with Crippen molar-refractivity contribution < 1.29 is 19.8 Å². The number of ether oxygens (including phenoxy) is 1. The summed E-state index contributed by atoms with van der Waals surface area (Å²) in [6.07, 6.45) is 0. The van der Waals surface area contributed by atoms with E-state index in [0.717, 1.165) is 10.8 Å². The number of rotatable bonds is 1. The topological polar surface area (TPSA) is 70.0 Å². The summed E-state index contributed by atoms with van der Waals surface area (Å²) < 4.78 is 5.15. The molecule has 4 rings (SSSR count). The lowest BCUT2D eigenvalue weighted by atomic mass is 9.97. The van der Waals surface area contributed by atoms with Gasteiger partial charge in [0.05, 0.1) is 18.4 Å². The van der Waals surface area contributed by atoms with E-state index in [-0.39, 0.29) is 11.5 Å². The summed E-state index contributed by atoms with van der Waals surface area (Å²) in [7, 11) is 1.43. The highest BCUT2D eigenvalue weighted by Crippen LogP contribution is 2.48. The van der Waals surface area contributed by atoms with Gasteiger partial charge in [0.25, 0.3) is 5.91 Å². The average molecular weight is 281 g/mol. The normalized spacial score (nSPS) is 13.4. The van der Waals surface area contributed by atoms with E-state index in [0.29, 0.717) is 27.1 Å². The summed E-state index contributed by atoms with van der Waals surface area (Å²) in [5.74, 6) is -0.343. The van der Waals surface area contributed by atoms with Crippen molar-refractivity contribution in [2.24, 2.45) is 0 Å². The first-order chi connectivity index (χ1) is 10.1. The van der Waals surface area contributed by atoms with Crippen LogP contribution in [0.3, 0.4) is 0 Å². The Hall–Kier alpha value is -2.79. The maximum Gasteiger partial charge on any atom is 0.282 e. The summed E-state index contributed by atoms with van der Waals surface area (Å²) in [4.78, 5) is 12.2. The standard InChI is InChI=1S/C16H11NO4/c1-21-12-7-10-13-11(17(20)16(10)19)6-8-4-2-3-5-9(8)14(13)15(12)18/h2-7,18,20H,1H3. The lowest BCUT2D eigenvalue weighted by molar-refractivity contribution is 0.0866. The molecule has 0 unspecified atom stereocenters. The molecule has 104 valence electrons. The lowest BCUT2D eigenvalue weighted by Crippen LogP contribution is -2.21. The molecule has 0 bridgehead atoms. The van der Waals surface area contributed by atoms with Crippen LogP contribution < -0.4 is 9.80 Å². The van der Waals surface area contributed by atoms with E-state index < -0.39 is 5.91 Å². The van der Waals surface area contributed by atoms with Crippen molar-refractivity contribution in [3.8, 4) is 11.5 Å². The number of anilines is 1. The predicted molar refractivity (Wildman–Crippen MR) is 78.3 cm³/mol. The number of fused-ring (bicyclic) bond motifs is 2. The maximum atomic E-state index is 12.2. The summed E-state index contributed by atoms with van der Waals surface area (Å²) in [6, 6.07) is 10.6. The number of phenolic OH excluding ortho intramolecular Hbond substituents is 1. The zero-order valence-corrected chi connectivity index (χ0v) is 11.1. The van der Waals surface area contributed by atoms with Gasteiger partial charge in [-0.1, -0.05) is 24.3 Å². The largest absolute Gasteiger partial charge is 0.504 e. The van der Waals surface area contributed by atoms with Gasteiger partial charge in [-0.15, -0.1) is 0 Å². The molecule has 3 aromatic rings. The molecule has 1 amide bonds. The Kier molecular flexibility index (Phi) is 2.21. The predicted octanol–water partition coefficient (Wildman–Crippen LogP) is 3.06. The van der Waals surface area contributed by atoms with Crippen LogP contribution in [0.2, 0.25) is 0 Å². The second-order valence-corrected chi connectivity index (χ2v) is 4.96. The van der Waals surface area contributed by atoms with E-state index in [2.05, 4.69) is 0 Å². The Morgan fingerprint density at radius 2 is 1.90 bits per heavy atom. The van der Waals surface area contributed by atoms with Crippen molar-refractivity contribution in [2.45, 2.75) is 0 Å². The smallest absolute Gasteiger partial charge is 0.282 e. The number of phenols is 1. The summed E-state index contributed by atoms with van der Waals surface area (Å²) in [6.45, 7) is 0. The zero-order valence-electron chi connectivity index (χ0n) is 11.1. The van der Waals surface area contributed by atoms with E-state index in [4.69, 9.17) is 4.74 Å². The molecule has 21 heavy (non-hydrogen) atoms. The molecule has 1 aliphatic heterocycles. The number of aromatic hydroxyl groups is 1. The first-order valence-corrected chi connectivity index (χ1v) is 6.42. The molecule has 5 heteroatoms. The molecule has 0 aliphatic carbocycles. The van der Waals surface area contributed by atoms with Crippen LogP contribution in [0.4, 0.5) is 5.69 Å². The molecule has 0 fully saturated rings. The molecule has 2 N–H and O–H groups in total. The molecule has 0 aromatic heterocycles. The van der Waals surface area contributed by atoms with Crippen LogP contribution in [0.1, 0.15) is 10.4 Å². The Morgan fingerprint density at radius 1 is 1.14 bits per heavy atom.